The van der Waals surface area contributed by atoms with Crippen molar-refractivity contribution in [2.45, 2.75) is 19.9 Å². The van der Waals surface area contributed by atoms with Crippen LogP contribution in [0.25, 0.3) is 0 Å². The normalized spacial score (nSPS) is 12.1. The first-order valence-corrected chi connectivity index (χ1v) is 6.28. The van der Waals surface area contributed by atoms with Crippen molar-refractivity contribution < 1.29 is 14.3 Å². The quantitative estimate of drug-likeness (QED) is 0.891. The van der Waals surface area contributed by atoms with Crippen LogP contribution in [0.5, 0.6) is 0 Å². The molecule has 0 aliphatic carbocycles. The van der Waals surface area contributed by atoms with Crippen LogP contribution >= 0.6 is 0 Å². The minimum absolute atomic E-state index is 0.0134. The number of hydrogen-bond donors (Lipinski definition) is 1. The van der Waals surface area contributed by atoms with Crippen molar-refractivity contribution in [1.29, 1.82) is 0 Å². The topological polar surface area (TPSA) is 53.7 Å². The third kappa shape index (κ3) is 2.78. The molecule has 2 aromatic rings. The number of carboxylic acids is 1. The smallest absolute Gasteiger partial charge is 0.371 e. The number of anilines is 1. The largest absolute Gasteiger partial charge is 0.475 e. The summed E-state index contributed by atoms with van der Waals surface area (Å²) in [5.74, 6) is -0.407. The van der Waals surface area contributed by atoms with Gasteiger partial charge in [0.1, 0.15) is 5.76 Å². The Bertz CT molecular complexity index is 548. The monoisotopic (exact) mass is 259 g/mol. The van der Waals surface area contributed by atoms with Crippen molar-refractivity contribution in [2.24, 2.45) is 0 Å². The van der Waals surface area contributed by atoms with Gasteiger partial charge in [0.2, 0.25) is 5.76 Å². The Morgan fingerprint density at radius 3 is 2.47 bits per heavy atom. The molecule has 0 aliphatic rings. The summed E-state index contributed by atoms with van der Waals surface area (Å²) in [5.41, 5.74) is 1.09. The molecule has 0 radical (unpaired) electrons. The van der Waals surface area contributed by atoms with Crippen molar-refractivity contribution in [1.82, 2.24) is 0 Å². The van der Waals surface area contributed by atoms with E-state index in [4.69, 9.17) is 9.52 Å². The van der Waals surface area contributed by atoms with Crippen LogP contribution in [0.4, 0.5) is 5.69 Å². The van der Waals surface area contributed by atoms with E-state index in [0.29, 0.717) is 5.76 Å². The molecule has 0 amide bonds. The van der Waals surface area contributed by atoms with Crippen molar-refractivity contribution >= 4 is 11.7 Å². The Balaban J connectivity index is 2.25. The molecule has 0 saturated heterocycles. The van der Waals surface area contributed by atoms with Crippen LogP contribution in [0, 0.1) is 0 Å². The number of aromatic carboxylic acids is 1. The summed E-state index contributed by atoms with van der Waals surface area (Å²) < 4.78 is 5.37. The van der Waals surface area contributed by atoms with E-state index < -0.39 is 5.97 Å². The molecule has 1 unspecified atom stereocenters. The van der Waals surface area contributed by atoms with Gasteiger partial charge in [0.15, 0.2) is 0 Å². The molecule has 1 aromatic heterocycles. The second-order valence-electron chi connectivity index (χ2n) is 4.30. The second kappa shape index (κ2) is 5.61. The molecule has 1 aromatic carbocycles. The Kier molecular flexibility index (Phi) is 3.90. The second-order valence-corrected chi connectivity index (χ2v) is 4.30. The van der Waals surface area contributed by atoms with Crippen LogP contribution in [0.1, 0.15) is 36.2 Å². The van der Waals surface area contributed by atoms with E-state index in [9.17, 15) is 4.79 Å². The highest BCUT2D eigenvalue weighted by molar-refractivity contribution is 5.84. The first kappa shape index (κ1) is 13.2. The number of rotatable bonds is 5. The first-order chi connectivity index (χ1) is 9.13. The van der Waals surface area contributed by atoms with E-state index in [2.05, 4.69) is 11.8 Å². The molecule has 0 spiro atoms. The van der Waals surface area contributed by atoms with Gasteiger partial charge >= 0.3 is 5.97 Å². The molecule has 19 heavy (non-hydrogen) atoms. The summed E-state index contributed by atoms with van der Waals surface area (Å²) in [5, 5.41) is 8.89. The zero-order valence-electron chi connectivity index (χ0n) is 11.0. The molecule has 2 rings (SSSR count). The number of carboxylic acid groups (broad SMARTS) is 1. The summed E-state index contributed by atoms with van der Waals surface area (Å²) in [6, 6.07) is 13.2. The van der Waals surface area contributed by atoms with Crippen LogP contribution in [-0.4, -0.2) is 17.6 Å². The molecule has 1 heterocycles. The van der Waals surface area contributed by atoms with Gasteiger partial charge in [0.05, 0.1) is 6.04 Å². The van der Waals surface area contributed by atoms with Gasteiger partial charge < -0.3 is 14.4 Å². The number of hydrogen-bond acceptors (Lipinski definition) is 3. The summed E-state index contributed by atoms with van der Waals surface area (Å²) in [7, 11) is 0. The summed E-state index contributed by atoms with van der Waals surface area (Å²) in [6.45, 7) is 4.87. The minimum Gasteiger partial charge on any atom is -0.475 e. The van der Waals surface area contributed by atoms with Gasteiger partial charge in [0, 0.05) is 12.2 Å². The van der Waals surface area contributed by atoms with E-state index in [1.165, 1.54) is 6.07 Å². The van der Waals surface area contributed by atoms with Crippen molar-refractivity contribution in [3.05, 3.63) is 54.0 Å². The van der Waals surface area contributed by atoms with Gasteiger partial charge in [-0.1, -0.05) is 18.2 Å². The molecule has 4 heteroatoms. The maximum Gasteiger partial charge on any atom is 0.371 e. The van der Waals surface area contributed by atoms with E-state index in [1.807, 2.05) is 37.3 Å². The fourth-order valence-corrected chi connectivity index (χ4v) is 2.15. The Hall–Kier alpha value is -2.23. The van der Waals surface area contributed by atoms with E-state index in [1.54, 1.807) is 6.07 Å². The highest BCUT2D eigenvalue weighted by Crippen LogP contribution is 2.27. The van der Waals surface area contributed by atoms with E-state index in [-0.39, 0.29) is 11.8 Å². The van der Waals surface area contributed by atoms with E-state index in [0.717, 1.165) is 12.2 Å². The van der Waals surface area contributed by atoms with Gasteiger partial charge in [-0.15, -0.1) is 0 Å². The predicted octanol–water partition coefficient (Wildman–Crippen LogP) is 3.57. The Morgan fingerprint density at radius 2 is 1.95 bits per heavy atom. The minimum atomic E-state index is -1.04. The van der Waals surface area contributed by atoms with Crippen molar-refractivity contribution in [2.75, 3.05) is 11.4 Å². The molecule has 1 atom stereocenters. The molecular weight excluding hydrogens is 242 g/mol. The fraction of sp³-hybridized carbons (Fsp3) is 0.267. The number of nitrogens with zero attached hydrogens (tertiary/aromatic N) is 1. The molecular formula is C15H17NO3. The lowest BCUT2D eigenvalue weighted by Crippen LogP contribution is -2.26. The number of para-hydroxylation sites is 1. The van der Waals surface area contributed by atoms with Crippen LogP contribution in [-0.2, 0) is 0 Å². The molecule has 1 N–H and O–H groups in total. The predicted molar refractivity (Wildman–Crippen MR) is 73.5 cm³/mol. The fourth-order valence-electron chi connectivity index (χ4n) is 2.15. The van der Waals surface area contributed by atoms with Crippen LogP contribution in [0.15, 0.2) is 46.9 Å². The summed E-state index contributed by atoms with van der Waals surface area (Å²) in [6.07, 6.45) is 0. The number of furan rings is 1. The number of benzene rings is 1. The number of carbonyl (C=O) groups is 1. The van der Waals surface area contributed by atoms with Gasteiger partial charge in [-0.05, 0) is 38.1 Å². The molecule has 100 valence electrons. The van der Waals surface area contributed by atoms with Crippen molar-refractivity contribution in [3.8, 4) is 0 Å². The van der Waals surface area contributed by atoms with Gasteiger partial charge in [-0.2, -0.15) is 0 Å². The average molecular weight is 259 g/mol. The summed E-state index contributed by atoms with van der Waals surface area (Å²) in [4.78, 5) is 13.0. The molecule has 0 aliphatic heterocycles. The van der Waals surface area contributed by atoms with Crippen LogP contribution in [0.2, 0.25) is 0 Å². The van der Waals surface area contributed by atoms with Crippen LogP contribution < -0.4 is 4.90 Å². The highest BCUT2D eigenvalue weighted by Gasteiger charge is 2.19. The molecule has 0 fully saturated rings. The third-order valence-corrected chi connectivity index (χ3v) is 3.15. The maximum atomic E-state index is 10.8. The lowest BCUT2D eigenvalue weighted by molar-refractivity contribution is 0.0660. The average Bonchev–Trinajstić information content (AvgIpc) is 2.90. The highest BCUT2D eigenvalue weighted by atomic mass is 16.4. The Morgan fingerprint density at radius 1 is 1.26 bits per heavy atom. The first-order valence-electron chi connectivity index (χ1n) is 6.28. The Labute approximate surface area is 112 Å². The molecule has 0 bridgehead atoms. The summed E-state index contributed by atoms with van der Waals surface area (Å²) >= 11 is 0. The van der Waals surface area contributed by atoms with Gasteiger partial charge in [0.25, 0.3) is 0 Å². The van der Waals surface area contributed by atoms with Gasteiger partial charge in [-0.25, -0.2) is 4.79 Å². The third-order valence-electron chi connectivity index (χ3n) is 3.15. The molecule has 4 nitrogen and oxygen atoms in total. The van der Waals surface area contributed by atoms with Crippen molar-refractivity contribution in [3.63, 3.8) is 0 Å². The SMILES string of the molecule is CCN(c1ccccc1)C(C)c1ccc(C(=O)O)o1. The lowest BCUT2D eigenvalue weighted by Gasteiger charge is -2.28. The maximum absolute atomic E-state index is 10.8. The lowest BCUT2D eigenvalue weighted by atomic mass is 10.2. The van der Waals surface area contributed by atoms with E-state index >= 15 is 0 Å². The zero-order valence-corrected chi connectivity index (χ0v) is 11.0. The van der Waals surface area contributed by atoms with Gasteiger partial charge in [-0.3, -0.25) is 0 Å². The standard InChI is InChI=1S/C15H17NO3/c1-3-16(12-7-5-4-6-8-12)11(2)13-9-10-14(19-13)15(17)18/h4-11H,3H2,1-2H3,(H,17,18). The van der Waals surface area contributed by atoms with Crippen LogP contribution in [0.3, 0.4) is 0 Å². The molecule has 0 saturated carbocycles. The zero-order chi connectivity index (χ0) is 13.8.